The summed E-state index contributed by atoms with van der Waals surface area (Å²) in [5.74, 6) is 7.35. The number of carbonyl (C=O) groups is 1. The van der Waals surface area contributed by atoms with Crippen molar-refractivity contribution in [3.05, 3.63) is 35.4 Å². The molecule has 2 aromatic rings. The second kappa shape index (κ2) is 6.80. The summed E-state index contributed by atoms with van der Waals surface area (Å²) in [6.07, 6.45) is 11.2. The van der Waals surface area contributed by atoms with E-state index in [9.17, 15) is 4.79 Å². The summed E-state index contributed by atoms with van der Waals surface area (Å²) in [4.78, 5) is 29.8. The summed E-state index contributed by atoms with van der Waals surface area (Å²) in [5, 5.41) is 0. The molecule has 8 atom stereocenters. The molecule has 0 radical (unpaired) electrons. The largest absolute Gasteiger partial charge is 0.346 e. The van der Waals surface area contributed by atoms with Gasteiger partial charge >= 0.3 is 0 Å². The van der Waals surface area contributed by atoms with Gasteiger partial charge in [-0.3, -0.25) is 4.79 Å². The summed E-state index contributed by atoms with van der Waals surface area (Å²) in [6, 6.07) is 0. The quantitative estimate of drug-likeness (QED) is 0.745. The minimum atomic E-state index is 0.277. The average molecular weight is 407 g/mol. The third kappa shape index (κ3) is 2.76. The van der Waals surface area contributed by atoms with E-state index in [4.69, 9.17) is 0 Å². The van der Waals surface area contributed by atoms with Crippen LogP contribution in [-0.4, -0.2) is 25.7 Å². The number of aromatic nitrogens is 4. The Morgan fingerprint density at radius 1 is 0.867 bits per heavy atom. The number of hydrogen-bond acceptors (Lipinski definition) is 3. The van der Waals surface area contributed by atoms with Gasteiger partial charge in [-0.15, -0.1) is 0 Å². The molecule has 5 nitrogen and oxygen atoms in total. The summed E-state index contributed by atoms with van der Waals surface area (Å²) < 4.78 is 0. The van der Waals surface area contributed by atoms with Crippen LogP contribution in [-0.2, 0) is 4.79 Å². The van der Waals surface area contributed by atoms with E-state index in [0.717, 1.165) is 36.3 Å². The first kappa shape index (κ1) is 18.8. The highest BCUT2D eigenvalue weighted by molar-refractivity contribution is 5.87. The van der Waals surface area contributed by atoms with E-state index >= 15 is 0 Å². The normalized spacial score (nSPS) is 40.1. The van der Waals surface area contributed by atoms with Crippen LogP contribution in [0.25, 0.3) is 0 Å². The van der Waals surface area contributed by atoms with Gasteiger partial charge in [0.05, 0.1) is 0 Å². The van der Waals surface area contributed by atoms with Gasteiger partial charge in [0.1, 0.15) is 17.4 Å². The van der Waals surface area contributed by atoms with Crippen molar-refractivity contribution in [1.29, 1.82) is 0 Å². The molecule has 2 N–H and O–H groups in total. The maximum atomic E-state index is 13.7. The highest BCUT2D eigenvalue weighted by atomic mass is 16.1. The maximum absolute atomic E-state index is 13.7. The predicted octanol–water partition coefficient (Wildman–Crippen LogP) is 5.09. The van der Waals surface area contributed by atoms with Crippen LogP contribution >= 0.6 is 0 Å². The molecule has 4 fully saturated rings. The summed E-state index contributed by atoms with van der Waals surface area (Å²) in [5.41, 5.74) is 2.53. The summed E-state index contributed by atoms with van der Waals surface area (Å²) in [7, 11) is 0. The number of ketones is 1. The number of H-pyrrole nitrogens is 2. The van der Waals surface area contributed by atoms with E-state index in [1.165, 1.54) is 37.1 Å². The molecule has 0 aromatic carbocycles. The molecule has 2 heterocycles. The zero-order valence-corrected chi connectivity index (χ0v) is 18.4. The van der Waals surface area contributed by atoms with Crippen LogP contribution in [0.5, 0.6) is 0 Å². The van der Waals surface area contributed by atoms with Gasteiger partial charge in [0.2, 0.25) is 0 Å². The van der Waals surface area contributed by atoms with Gasteiger partial charge in [-0.25, -0.2) is 9.97 Å². The molecule has 0 aliphatic heterocycles. The van der Waals surface area contributed by atoms with Gasteiger partial charge in [-0.05, 0) is 69.1 Å². The molecule has 0 spiro atoms. The second-order valence-corrected chi connectivity index (χ2v) is 11.0. The van der Waals surface area contributed by atoms with Crippen molar-refractivity contribution in [1.82, 2.24) is 19.9 Å². The van der Waals surface area contributed by atoms with E-state index in [0.29, 0.717) is 35.4 Å². The fourth-order valence-corrected chi connectivity index (χ4v) is 7.93. The Morgan fingerprint density at radius 3 is 1.93 bits per heavy atom. The molecule has 5 heteroatoms. The Kier molecular flexibility index (Phi) is 4.26. The first-order valence-electron chi connectivity index (χ1n) is 12.1. The minimum absolute atomic E-state index is 0.277. The fraction of sp³-hybridized carbons (Fsp3) is 0.720. The van der Waals surface area contributed by atoms with Gasteiger partial charge in [0, 0.05) is 53.4 Å². The fourth-order valence-electron chi connectivity index (χ4n) is 7.93. The Morgan fingerprint density at radius 2 is 1.43 bits per heavy atom. The van der Waals surface area contributed by atoms with Crippen molar-refractivity contribution in [3.8, 4) is 0 Å². The van der Waals surface area contributed by atoms with Gasteiger partial charge < -0.3 is 9.97 Å². The third-order valence-corrected chi connectivity index (χ3v) is 9.12. The van der Waals surface area contributed by atoms with E-state index in [1.807, 2.05) is 13.1 Å². The number of carbonyl (C=O) groups excluding carboxylic acids is 1. The number of nitrogens with zero attached hydrogens (tertiary/aromatic N) is 2. The van der Waals surface area contributed by atoms with Gasteiger partial charge in [-0.1, -0.05) is 13.8 Å². The molecular weight excluding hydrogens is 372 g/mol. The van der Waals surface area contributed by atoms with Crippen LogP contribution in [0.15, 0.2) is 12.4 Å². The number of nitrogens with one attached hydrogen (secondary N) is 2. The number of Topliss-reactive ketones (excluding diaryl/α,β-unsaturated/α-hetero) is 1. The highest BCUT2D eigenvalue weighted by Gasteiger charge is 2.60. The summed E-state index contributed by atoms with van der Waals surface area (Å²) in [6.45, 7) is 6.39. The van der Waals surface area contributed by atoms with Crippen molar-refractivity contribution in [3.63, 3.8) is 0 Å². The molecule has 160 valence electrons. The monoisotopic (exact) mass is 406 g/mol. The number of rotatable bonds is 3. The van der Waals surface area contributed by atoms with Crippen LogP contribution in [0.4, 0.5) is 0 Å². The third-order valence-electron chi connectivity index (χ3n) is 9.12. The van der Waals surface area contributed by atoms with E-state index < -0.39 is 0 Å². The topological polar surface area (TPSA) is 74.4 Å². The Hall–Kier alpha value is -1.91. The van der Waals surface area contributed by atoms with Crippen LogP contribution in [0.2, 0.25) is 0 Å². The van der Waals surface area contributed by atoms with E-state index in [-0.39, 0.29) is 11.8 Å². The van der Waals surface area contributed by atoms with Crippen LogP contribution in [0.3, 0.4) is 0 Å². The van der Waals surface area contributed by atoms with Gasteiger partial charge in [0.15, 0.2) is 0 Å². The predicted molar refractivity (Wildman–Crippen MR) is 115 cm³/mol. The lowest BCUT2D eigenvalue weighted by Gasteiger charge is -2.49. The van der Waals surface area contributed by atoms with E-state index in [1.54, 1.807) is 0 Å². The molecule has 2 aromatic heterocycles. The van der Waals surface area contributed by atoms with Crippen molar-refractivity contribution < 1.29 is 4.79 Å². The first-order valence-corrected chi connectivity index (χ1v) is 12.1. The Bertz CT molecular complexity index is 958. The summed E-state index contributed by atoms with van der Waals surface area (Å²) >= 11 is 0. The van der Waals surface area contributed by atoms with Gasteiger partial charge in [-0.2, -0.15) is 0 Å². The standard InChI is InChI=1S/C25H34N4O/c1-12(2)25-27-11-21(29-25)17-7-15-5-4-14-6-16(20-10-26-13(3)28-20)8-18-22(14)23(15)19(9-17)24(18)30/h10-12,14-19,22-23H,4-9H2,1-3H3,(H,26,28)(H,27,29). The molecule has 4 saturated carbocycles. The zero-order valence-electron chi connectivity index (χ0n) is 18.4. The lowest BCUT2D eigenvalue weighted by atomic mass is 9.55. The molecule has 0 amide bonds. The van der Waals surface area contributed by atoms with Crippen molar-refractivity contribution >= 4 is 5.78 Å². The maximum Gasteiger partial charge on any atom is 0.139 e. The lowest BCUT2D eigenvalue weighted by molar-refractivity contribution is -0.126. The number of hydrogen-bond donors (Lipinski definition) is 2. The molecule has 8 unspecified atom stereocenters. The molecule has 4 aliphatic rings. The highest BCUT2D eigenvalue weighted by Crippen LogP contribution is 2.64. The molecule has 0 saturated heterocycles. The Balaban J connectivity index is 1.28. The SMILES string of the molecule is Cc1ncc(C2CC3CCC4CC(c5cnc(C(C)C)[nH]5)CC5C(=O)C(C2)C3C45)[nH]1. The van der Waals surface area contributed by atoms with Crippen molar-refractivity contribution in [2.45, 2.75) is 77.0 Å². The van der Waals surface area contributed by atoms with Crippen molar-refractivity contribution in [2.75, 3.05) is 0 Å². The van der Waals surface area contributed by atoms with Crippen LogP contribution in [0, 0.1) is 42.4 Å². The molecule has 0 bridgehead atoms. The molecular formula is C25H34N4O. The smallest absolute Gasteiger partial charge is 0.139 e. The van der Waals surface area contributed by atoms with Crippen molar-refractivity contribution in [2.24, 2.45) is 35.5 Å². The van der Waals surface area contributed by atoms with Gasteiger partial charge in [0.25, 0.3) is 0 Å². The lowest BCUT2D eigenvalue weighted by Crippen LogP contribution is -2.42. The Labute approximate surface area is 178 Å². The number of aryl methyl sites for hydroxylation is 1. The first-order chi connectivity index (χ1) is 14.5. The average Bonchev–Trinajstić information content (AvgIpc) is 3.46. The number of aromatic amines is 2. The number of imidazole rings is 2. The molecule has 6 rings (SSSR count). The molecule has 30 heavy (non-hydrogen) atoms. The zero-order chi connectivity index (χ0) is 20.6. The van der Waals surface area contributed by atoms with Crippen LogP contribution in [0.1, 0.15) is 93.2 Å². The van der Waals surface area contributed by atoms with E-state index in [2.05, 4.69) is 40.0 Å². The molecule has 4 aliphatic carbocycles. The minimum Gasteiger partial charge on any atom is -0.346 e. The second-order valence-electron chi connectivity index (χ2n) is 11.0. The van der Waals surface area contributed by atoms with Crippen LogP contribution < -0.4 is 0 Å².